The van der Waals surface area contributed by atoms with Crippen LogP contribution in [0.15, 0.2) is 39.9 Å². The molecular formula is C20H16ClIN2O3. The van der Waals surface area contributed by atoms with Crippen LogP contribution in [-0.2, 0) is 12.8 Å². The summed E-state index contributed by atoms with van der Waals surface area (Å²) in [6.07, 6.45) is 5.48. The highest BCUT2D eigenvalue weighted by Crippen LogP contribution is 2.39. The molecule has 1 amide bonds. The number of aromatic hydroxyl groups is 1. The molecule has 1 aromatic heterocycles. The Balaban J connectivity index is 1.70. The van der Waals surface area contributed by atoms with Crippen LogP contribution in [0.1, 0.15) is 40.1 Å². The number of halogens is 2. The first kappa shape index (κ1) is 18.3. The Hall–Kier alpha value is -2.06. The van der Waals surface area contributed by atoms with E-state index in [0.29, 0.717) is 19.7 Å². The third kappa shape index (κ3) is 3.43. The molecule has 7 heteroatoms. The number of phenolic OH excluding ortho intramolecular Hbond substituents is 1. The molecule has 0 atom stereocenters. The van der Waals surface area contributed by atoms with Crippen molar-refractivity contribution in [2.24, 2.45) is 5.10 Å². The number of nitrogens with zero attached hydrogens (tertiary/aromatic N) is 1. The molecule has 2 N–H and O–H groups in total. The largest absolute Gasteiger partial charge is 0.506 e. The molecule has 1 aliphatic carbocycles. The van der Waals surface area contributed by atoms with E-state index in [9.17, 15) is 9.90 Å². The van der Waals surface area contributed by atoms with Gasteiger partial charge in [0.05, 0.1) is 20.4 Å². The molecular weight excluding hydrogens is 479 g/mol. The number of hydrazone groups is 1. The molecule has 0 saturated carbocycles. The lowest BCUT2D eigenvalue weighted by atomic mass is 9.94. The SMILES string of the molecule is O=C(N/N=C/c1c(O)c(I)cc2oc3c(c12)CCCC3)c1ccccc1Cl. The van der Waals surface area contributed by atoms with Crippen LogP contribution in [0.4, 0.5) is 0 Å². The Bertz CT molecular complexity index is 1070. The standard InChI is InChI=1S/C20H16ClIN2O3/c21-14-7-3-1-5-11(14)20(26)24-23-10-13-18-12-6-2-4-8-16(12)27-17(18)9-15(22)19(13)25/h1,3,5,7,9-10,25H,2,4,6,8H2,(H,24,26)/b23-10+. The number of hydrogen-bond donors (Lipinski definition) is 2. The van der Waals surface area contributed by atoms with Gasteiger partial charge in [-0.05, 0) is 60.1 Å². The van der Waals surface area contributed by atoms with Gasteiger partial charge in [-0.15, -0.1) is 0 Å². The van der Waals surface area contributed by atoms with Crippen molar-refractivity contribution in [2.45, 2.75) is 25.7 Å². The highest BCUT2D eigenvalue weighted by molar-refractivity contribution is 14.1. The van der Waals surface area contributed by atoms with Crippen LogP contribution >= 0.6 is 34.2 Å². The van der Waals surface area contributed by atoms with Gasteiger partial charge >= 0.3 is 0 Å². The van der Waals surface area contributed by atoms with Crippen LogP contribution < -0.4 is 5.43 Å². The predicted octanol–water partition coefficient (Wildman–Crippen LogP) is 5.04. The van der Waals surface area contributed by atoms with E-state index in [2.05, 4.69) is 33.1 Å². The summed E-state index contributed by atoms with van der Waals surface area (Å²) in [6.45, 7) is 0. The van der Waals surface area contributed by atoms with Crippen molar-refractivity contribution in [1.29, 1.82) is 0 Å². The first-order valence-electron chi connectivity index (χ1n) is 8.60. The molecule has 0 radical (unpaired) electrons. The zero-order valence-corrected chi connectivity index (χ0v) is 17.2. The summed E-state index contributed by atoms with van der Waals surface area (Å²) in [5.74, 6) is 0.702. The molecule has 1 aliphatic rings. The Morgan fingerprint density at radius 2 is 2.07 bits per heavy atom. The summed E-state index contributed by atoms with van der Waals surface area (Å²) in [5, 5.41) is 15.8. The van der Waals surface area contributed by atoms with Crippen molar-refractivity contribution < 1.29 is 14.3 Å². The number of carbonyl (C=O) groups excluding carboxylic acids is 1. The quantitative estimate of drug-likeness (QED) is 0.304. The maximum atomic E-state index is 12.3. The van der Waals surface area contributed by atoms with Crippen molar-refractivity contribution in [1.82, 2.24) is 5.43 Å². The number of benzene rings is 2. The van der Waals surface area contributed by atoms with Crippen molar-refractivity contribution in [3.05, 3.63) is 61.4 Å². The molecule has 138 valence electrons. The molecule has 1 heterocycles. The van der Waals surface area contributed by atoms with Gasteiger partial charge in [0.1, 0.15) is 17.1 Å². The zero-order chi connectivity index (χ0) is 19.0. The monoisotopic (exact) mass is 494 g/mol. The Morgan fingerprint density at radius 1 is 1.30 bits per heavy atom. The van der Waals surface area contributed by atoms with Gasteiger partial charge in [0, 0.05) is 22.9 Å². The first-order chi connectivity index (χ1) is 13.1. The fourth-order valence-electron chi connectivity index (χ4n) is 3.40. The summed E-state index contributed by atoms with van der Waals surface area (Å²) < 4.78 is 6.67. The van der Waals surface area contributed by atoms with Crippen molar-refractivity contribution in [3.63, 3.8) is 0 Å². The lowest BCUT2D eigenvalue weighted by Gasteiger charge is -2.10. The second kappa shape index (κ2) is 7.52. The predicted molar refractivity (Wildman–Crippen MR) is 114 cm³/mol. The van der Waals surface area contributed by atoms with E-state index >= 15 is 0 Å². The molecule has 0 fully saturated rings. The summed E-state index contributed by atoms with van der Waals surface area (Å²) in [5.41, 5.74) is 5.24. The third-order valence-corrected chi connectivity index (χ3v) is 5.84. The van der Waals surface area contributed by atoms with Gasteiger partial charge in [0.25, 0.3) is 5.91 Å². The second-order valence-electron chi connectivity index (χ2n) is 6.38. The molecule has 3 aromatic rings. The van der Waals surface area contributed by atoms with Gasteiger partial charge in [0.15, 0.2) is 0 Å². The van der Waals surface area contributed by atoms with E-state index in [1.807, 2.05) is 6.07 Å². The molecule has 4 rings (SSSR count). The summed E-state index contributed by atoms with van der Waals surface area (Å²) in [7, 11) is 0. The minimum Gasteiger partial charge on any atom is -0.506 e. The van der Waals surface area contributed by atoms with Gasteiger partial charge in [-0.2, -0.15) is 5.10 Å². The van der Waals surface area contributed by atoms with Crippen molar-refractivity contribution >= 4 is 57.3 Å². The van der Waals surface area contributed by atoms with Gasteiger partial charge in [-0.1, -0.05) is 23.7 Å². The average molecular weight is 495 g/mol. The van der Waals surface area contributed by atoms with Crippen molar-refractivity contribution in [3.8, 4) is 5.75 Å². The molecule has 2 aromatic carbocycles. The lowest BCUT2D eigenvalue weighted by molar-refractivity contribution is 0.0955. The van der Waals surface area contributed by atoms with Gasteiger partial charge in [0.2, 0.25) is 0 Å². The summed E-state index contributed by atoms with van der Waals surface area (Å²) in [6, 6.07) is 8.60. The van der Waals surface area contributed by atoms with Crippen LogP contribution in [0, 0.1) is 3.57 Å². The van der Waals surface area contributed by atoms with Gasteiger partial charge in [-0.25, -0.2) is 5.43 Å². The highest BCUT2D eigenvalue weighted by Gasteiger charge is 2.22. The molecule has 0 unspecified atom stereocenters. The average Bonchev–Trinajstić information content (AvgIpc) is 3.02. The number of fused-ring (bicyclic) bond motifs is 3. The molecule has 27 heavy (non-hydrogen) atoms. The topological polar surface area (TPSA) is 74.8 Å². The van der Waals surface area contributed by atoms with E-state index in [-0.39, 0.29) is 5.75 Å². The smallest absolute Gasteiger partial charge is 0.272 e. The van der Waals surface area contributed by atoms with E-state index in [1.54, 1.807) is 24.3 Å². The van der Waals surface area contributed by atoms with Crippen LogP contribution in [0.3, 0.4) is 0 Å². The zero-order valence-electron chi connectivity index (χ0n) is 14.3. The Kier molecular flexibility index (Phi) is 5.10. The first-order valence-corrected chi connectivity index (χ1v) is 10.1. The summed E-state index contributed by atoms with van der Waals surface area (Å²) >= 11 is 8.10. The minimum absolute atomic E-state index is 0.132. The molecule has 0 bridgehead atoms. The number of hydrogen-bond acceptors (Lipinski definition) is 4. The second-order valence-corrected chi connectivity index (χ2v) is 7.95. The Morgan fingerprint density at radius 3 is 2.89 bits per heavy atom. The number of carbonyl (C=O) groups is 1. The number of aryl methyl sites for hydroxylation is 2. The number of furan rings is 1. The van der Waals surface area contributed by atoms with E-state index in [4.69, 9.17) is 16.0 Å². The van der Waals surface area contributed by atoms with E-state index in [0.717, 1.165) is 48.0 Å². The normalized spacial score (nSPS) is 13.9. The van der Waals surface area contributed by atoms with Crippen LogP contribution in [0.5, 0.6) is 5.75 Å². The Labute approximate surface area is 174 Å². The van der Waals surface area contributed by atoms with E-state index < -0.39 is 5.91 Å². The maximum Gasteiger partial charge on any atom is 0.272 e. The molecule has 5 nitrogen and oxygen atoms in total. The lowest BCUT2D eigenvalue weighted by Crippen LogP contribution is -2.18. The number of amides is 1. The number of rotatable bonds is 3. The third-order valence-electron chi connectivity index (χ3n) is 4.69. The summed E-state index contributed by atoms with van der Waals surface area (Å²) in [4.78, 5) is 12.3. The number of nitrogens with one attached hydrogen (secondary N) is 1. The fraction of sp³-hybridized carbons (Fsp3) is 0.200. The fourth-order valence-corrected chi connectivity index (χ4v) is 4.20. The van der Waals surface area contributed by atoms with Crippen LogP contribution in [-0.4, -0.2) is 17.2 Å². The maximum absolute atomic E-state index is 12.3. The minimum atomic E-state index is -0.410. The van der Waals surface area contributed by atoms with Gasteiger partial charge in [-0.3, -0.25) is 4.79 Å². The van der Waals surface area contributed by atoms with Crippen LogP contribution in [0.2, 0.25) is 5.02 Å². The number of phenols is 1. The molecule has 0 spiro atoms. The molecule has 0 aliphatic heterocycles. The van der Waals surface area contributed by atoms with E-state index in [1.165, 1.54) is 6.21 Å². The van der Waals surface area contributed by atoms with Crippen LogP contribution in [0.25, 0.3) is 11.0 Å². The van der Waals surface area contributed by atoms with Crippen molar-refractivity contribution in [2.75, 3.05) is 0 Å². The highest BCUT2D eigenvalue weighted by atomic mass is 127. The molecule has 0 saturated heterocycles. The van der Waals surface area contributed by atoms with Gasteiger partial charge < -0.3 is 9.52 Å².